The van der Waals surface area contributed by atoms with E-state index in [4.69, 9.17) is 9.47 Å². The molecule has 2 atom stereocenters. The molecule has 1 aliphatic rings. The van der Waals surface area contributed by atoms with Crippen molar-refractivity contribution in [3.05, 3.63) is 59.7 Å². The van der Waals surface area contributed by atoms with Crippen LogP contribution >= 0.6 is 0 Å². The third kappa shape index (κ3) is 5.33. The number of ether oxygens (including phenoxy) is 2. The first-order valence-electron chi connectivity index (χ1n) is 10.1. The third-order valence-corrected chi connectivity index (χ3v) is 5.20. The first-order chi connectivity index (χ1) is 14.9. The highest BCUT2D eigenvalue weighted by Gasteiger charge is 2.36. The molecule has 8 nitrogen and oxygen atoms in total. The number of rotatable bonds is 8. The fourth-order valence-corrected chi connectivity index (χ4v) is 3.54. The van der Waals surface area contributed by atoms with Gasteiger partial charge in [0.15, 0.2) is 11.5 Å². The van der Waals surface area contributed by atoms with E-state index < -0.39 is 29.9 Å². The Labute approximate surface area is 180 Å². The number of carbonyl (C=O) groups is 3. The molecule has 0 aliphatic carbocycles. The van der Waals surface area contributed by atoms with Gasteiger partial charge in [-0.25, -0.2) is 4.79 Å². The molecule has 0 radical (unpaired) electrons. The second-order valence-corrected chi connectivity index (χ2v) is 7.36. The Bertz CT molecular complexity index is 946. The summed E-state index contributed by atoms with van der Waals surface area (Å²) in [4.78, 5) is 38.0. The monoisotopic (exact) mass is 426 g/mol. The molecule has 1 heterocycles. The molecule has 0 aromatic heterocycles. The predicted molar refractivity (Wildman–Crippen MR) is 113 cm³/mol. The van der Waals surface area contributed by atoms with E-state index in [0.29, 0.717) is 43.1 Å². The molecule has 0 saturated carbocycles. The number of hydrogen-bond donors (Lipinski definition) is 2. The summed E-state index contributed by atoms with van der Waals surface area (Å²) < 4.78 is 11.2. The highest BCUT2D eigenvalue weighted by Crippen LogP contribution is 2.29. The molecule has 2 amide bonds. The van der Waals surface area contributed by atoms with Crippen molar-refractivity contribution in [1.29, 1.82) is 0 Å². The fraction of sp³-hybridized carbons (Fsp3) is 0.348. The molecule has 2 aromatic rings. The first kappa shape index (κ1) is 22.1. The highest BCUT2D eigenvalue weighted by atomic mass is 16.5. The van der Waals surface area contributed by atoms with Gasteiger partial charge in [-0.15, -0.1) is 0 Å². The van der Waals surface area contributed by atoms with Gasteiger partial charge in [-0.2, -0.15) is 0 Å². The van der Waals surface area contributed by atoms with Crippen LogP contribution in [0.2, 0.25) is 0 Å². The number of nitrogens with one attached hydrogen (secondary N) is 1. The Kier molecular flexibility index (Phi) is 7.12. The summed E-state index contributed by atoms with van der Waals surface area (Å²) in [6.07, 6.45) is 1.05. The summed E-state index contributed by atoms with van der Waals surface area (Å²) in [5, 5.41) is 11.9. The van der Waals surface area contributed by atoms with Crippen LogP contribution in [0.3, 0.4) is 0 Å². The quantitative estimate of drug-likeness (QED) is 0.672. The van der Waals surface area contributed by atoms with E-state index in [2.05, 4.69) is 5.32 Å². The minimum Gasteiger partial charge on any atom is -0.493 e. The zero-order valence-electron chi connectivity index (χ0n) is 17.5. The second-order valence-electron chi connectivity index (χ2n) is 7.36. The van der Waals surface area contributed by atoms with Crippen LogP contribution in [-0.4, -0.2) is 53.5 Å². The van der Waals surface area contributed by atoms with E-state index in [9.17, 15) is 19.5 Å². The number of likely N-dealkylation sites (tertiary alicyclic amines) is 1. The van der Waals surface area contributed by atoms with Crippen LogP contribution in [0.1, 0.15) is 35.7 Å². The summed E-state index contributed by atoms with van der Waals surface area (Å²) in [7, 11) is 1.51. The SMILES string of the molecule is COc1ccc(C(=O)NC(C)C(=O)N2CCCC2C(=O)O)cc1OCc1ccccc1. The molecule has 164 valence electrons. The van der Waals surface area contributed by atoms with E-state index in [1.165, 1.54) is 12.0 Å². The van der Waals surface area contributed by atoms with Crippen LogP contribution in [0.5, 0.6) is 11.5 Å². The van der Waals surface area contributed by atoms with Crippen molar-refractivity contribution in [1.82, 2.24) is 10.2 Å². The van der Waals surface area contributed by atoms with E-state index in [1.807, 2.05) is 30.3 Å². The zero-order chi connectivity index (χ0) is 22.4. The standard InChI is InChI=1S/C23H26N2O6/c1-15(22(27)25-12-6-9-18(25)23(28)29)24-21(26)17-10-11-19(30-2)20(13-17)31-14-16-7-4-3-5-8-16/h3-5,7-8,10-11,13,15,18H,6,9,12,14H2,1-2H3,(H,24,26)(H,28,29). The number of methoxy groups -OCH3 is 1. The van der Waals surface area contributed by atoms with Gasteiger partial charge >= 0.3 is 5.97 Å². The Morgan fingerprint density at radius 1 is 1.16 bits per heavy atom. The lowest BCUT2D eigenvalue weighted by molar-refractivity contribution is -0.148. The van der Waals surface area contributed by atoms with Crippen LogP contribution in [0.25, 0.3) is 0 Å². The Morgan fingerprint density at radius 2 is 1.90 bits per heavy atom. The van der Waals surface area contributed by atoms with Crippen LogP contribution in [0, 0.1) is 0 Å². The smallest absolute Gasteiger partial charge is 0.326 e. The number of nitrogens with zero attached hydrogens (tertiary/aromatic N) is 1. The van der Waals surface area contributed by atoms with Gasteiger partial charge in [0.1, 0.15) is 18.7 Å². The van der Waals surface area contributed by atoms with Crippen molar-refractivity contribution in [2.75, 3.05) is 13.7 Å². The number of aliphatic carboxylic acids is 1. The Hall–Kier alpha value is -3.55. The van der Waals surface area contributed by atoms with Gasteiger partial charge in [0.2, 0.25) is 5.91 Å². The summed E-state index contributed by atoms with van der Waals surface area (Å²) in [6, 6.07) is 12.7. The van der Waals surface area contributed by atoms with E-state index >= 15 is 0 Å². The number of carbonyl (C=O) groups excluding carboxylic acids is 2. The topological polar surface area (TPSA) is 105 Å². The highest BCUT2D eigenvalue weighted by molar-refractivity contribution is 5.98. The molecule has 0 bridgehead atoms. The Morgan fingerprint density at radius 3 is 2.58 bits per heavy atom. The number of carboxylic acids is 1. The van der Waals surface area contributed by atoms with Crippen molar-refractivity contribution >= 4 is 17.8 Å². The molecule has 2 unspecified atom stereocenters. The van der Waals surface area contributed by atoms with E-state index in [1.54, 1.807) is 25.1 Å². The molecule has 0 spiro atoms. The molecular weight excluding hydrogens is 400 g/mol. The maximum atomic E-state index is 12.7. The molecule has 31 heavy (non-hydrogen) atoms. The molecule has 1 aliphatic heterocycles. The minimum atomic E-state index is -1.03. The van der Waals surface area contributed by atoms with Crippen LogP contribution in [0.15, 0.2) is 48.5 Å². The molecule has 1 fully saturated rings. The maximum absolute atomic E-state index is 12.7. The first-order valence-corrected chi connectivity index (χ1v) is 10.1. The van der Waals surface area contributed by atoms with Crippen molar-refractivity contribution < 1.29 is 29.0 Å². The van der Waals surface area contributed by atoms with Gasteiger partial charge in [0.05, 0.1) is 7.11 Å². The number of benzene rings is 2. The molecule has 3 rings (SSSR count). The summed E-state index contributed by atoms with van der Waals surface area (Å²) in [5.41, 5.74) is 1.27. The van der Waals surface area contributed by atoms with Gasteiger partial charge in [-0.1, -0.05) is 30.3 Å². The van der Waals surface area contributed by atoms with Gasteiger partial charge in [0.25, 0.3) is 5.91 Å². The average molecular weight is 426 g/mol. The molecular formula is C23H26N2O6. The van der Waals surface area contributed by atoms with Crippen LogP contribution in [0.4, 0.5) is 0 Å². The van der Waals surface area contributed by atoms with E-state index in [0.717, 1.165) is 5.56 Å². The second kappa shape index (κ2) is 9.97. The Balaban J connectivity index is 1.68. The van der Waals surface area contributed by atoms with Crippen LogP contribution in [-0.2, 0) is 16.2 Å². The third-order valence-electron chi connectivity index (χ3n) is 5.20. The van der Waals surface area contributed by atoms with Gasteiger partial charge in [-0.05, 0) is 43.5 Å². The van der Waals surface area contributed by atoms with Crippen LogP contribution < -0.4 is 14.8 Å². The van der Waals surface area contributed by atoms with Crippen molar-refractivity contribution in [2.24, 2.45) is 0 Å². The lowest BCUT2D eigenvalue weighted by Crippen LogP contribution is -2.50. The maximum Gasteiger partial charge on any atom is 0.326 e. The van der Waals surface area contributed by atoms with Crippen molar-refractivity contribution in [3.63, 3.8) is 0 Å². The number of hydrogen-bond acceptors (Lipinski definition) is 5. The summed E-state index contributed by atoms with van der Waals surface area (Å²) in [6.45, 7) is 2.23. The largest absolute Gasteiger partial charge is 0.493 e. The number of carboxylic acid groups (broad SMARTS) is 1. The van der Waals surface area contributed by atoms with Gasteiger partial charge in [-0.3, -0.25) is 9.59 Å². The van der Waals surface area contributed by atoms with Gasteiger partial charge in [0, 0.05) is 12.1 Å². The van der Waals surface area contributed by atoms with Crippen molar-refractivity contribution in [3.8, 4) is 11.5 Å². The van der Waals surface area contributed by atoms with Gasteiger partial charge < -0.3 is 24.8 Å². The number of amides is 2. The minimum absolute atomic E-state index is 0.305. The van der Waals surface area contributed by atoms with Crippen molar-refractivity contribution in [2.45, 2.75) is 38.5 Å². The molecule has 1 saturated heterocycles. The molecule has 2 aromatic carbocycles. The molecule has 2 N–H and O–H groups in total. The predicted octanol–water partition coefficient (Wildman–Crippen LogP) is 2.47. The summed E-state index contributed by atoms with van der Waals surface area (Å²) >= 11 is 0. The fourth-order valence-electron chi connectivity index (χ4n) is 3.54. The lowest BCUT2D eigenvalue weighted by Gasteiger charge is -2.25. The average Bonchev–Trinajstić information content (AvgIpc) is 3.28. The lowest BCUT2D eigenvalue weighted by atomic mass is 10.1. The molecule has 8 heteroatoms. The normalized spacial score (nSPS) is 16.5. The zero-order valence-corrected chi connectivity index (χ0v) is 17.5. The van der Waals surface area contributed by atoms with E-state index in [-0.39, 0.29) is 0 Å². The summed E-state index contributed by atoms with van der Waals surface area (Å²) in [5.74, 6) is -1.01.